The van der Waals surface area contributed by atoms with E-state index in [9.17, 15) is 18.0 Å². The van der Waals surface area contributed by atoms with E-state index >= 15 is 0 Å². The normalized spacial score (nSPS) is 14.8. The second kappa shape index (κ2) is 10.5. The van der Waals surface area contributed by atoms with Gasteiger partial charge in [0, 0.05) is 30.4 Å². The molecule has 1 N–H and O–H groups in total. The fraction of sp³-hybridized carbons (Fsp3) is 0.476. The summed E-state index contributed by atoms with van der Waals surface area (Å²) in [6, 6.07) is 5.05. The highest BCUT2D eigenvalue weighted by Gasteiger charge is 2.23. The number of hydrogen-bond acceptors (Lipinski definition) is 4. The van der Waals surface area contributed by atoms with Gasteiger partial charge in [0.05, 0.1) is 40.3 Å². The van der Waals surface area contributed by atoms with Gasteiger partial charge < -0.3 is 14.3 Å². The molecule has 0 unspecified atom stereocenters. The highest BCUT2D eigenvalue weighted by Crippen LogP contribution is 2.31. The average molecular weight is 452 g/mol. The van der Waals surface area contributed by atoms with Gasteiger partial charge in [-0.3, -0.25) is 4.79 Å². The summed E-state index contributed by atoms with van der Waals surface area (Å²) in [7, 11) is 17.7. The van der Waals surface area contributed by atoms with Gasteiger partial charge >= 0.3 is 6.68 Å². The zero-order valence-corrected chi connectivity index (χ0v) is 18.2. The van der Waals surface area contributed by atoms with Crippen molar-refractivity contribution in [3.8, 4) is 17.1 Å². The van der Waals surface area contributed by atoms with Crippen molar-refractivity contribution in [3.05, 3.63) is 40.6 Å². The molecule has 33 heavy (non-hydrogen) atoms. The van der Waals surface area contributed by atoms with Gasteiger partial charge in [-0.2, -0.15) is 13.2 Å². The minimum Gasteiger partial charge on any atom is -0.474 e. The number of nitrogens with one attached hydrogen (secondary N) is 1. The molecule has 0 saturated heterocycles. The predicted octanol–water partition coefficient (Wildman–Crippen LogP) is 3.31. The standard InChI is InChI=1S/C20H21B3N4O2.CHF3/c1-2-27-17(28)9-8-14-18(27)13(11-24-14)15-10-16(26-19(25-15)20(21,22)23)29-12-6-4-3-5-7-12;2-1(3)4/h8-12,24H,2-7H2,1H3;1H. The second-order valence-corrected chi connectivity index (χ2v) is 7.85. The maximum absolute atomic E-state index is 12.3. The first-order valence-corrected chi connectivity index (χ1v) is 10.7. The first kappa shape index (κ1) is 25.0. The topological polar surface area (TPSA) is 72.8 Å². The number of ether oxygens (including phenoxy) is 1. The maximum Gasteiger partial charge on any atom is 0.379 e. The van der Waals surface area contributed by atoms with Gasteiger partial charge in [-0.15, -0.1) is 0 Å². The van der Waals surface area contributed by atoms with Gasteiger partial charge in [0.1, 0.15) is 11.9 Å². The lowest BCUT2D eigenvalue weighted by Crippen LogP contribution is -2.30. The lowest BCUT2D eigenvalue weighted by Gasteiger charge is -2.24. The molecule has 12 heteroatoms. The van der Waals surface area contributed by atoms with E-state index in [2.05, 4.69) is 15.0 Å². The van der Waals surface area contributed by atoms with Crippen LogP contribution in [0.1, 0.15) is 44.9 Å². The molecular formula is C21H22B3F3N4O2. The van der Waals surface area contributed by atoms with Gasteiger partial charge in [-0.1, -0.05) is 11.5 Å². The summed E-state index contributed by atoms with van der Waals surface area (Å²) in [5.74, 6) is 0.467. The Hall–Kier alpha value is -2.65. The number of pyridine rings is 1. The molecule has 3 aromatic rings. The van der Waals surface area contributed by atoms with Crippen molar-refractivity contribution >= 4 is 34.6 Å². The maximum atomic E-state index is 12.3. The number of aromatic nitrogens is 4. The summed E-state index contributed by atoms with van der Waals surface area (Å²) in [4.78, 5) is 24.4. The third kappa shape index (κ3) is 6.23. The van der Waals surface area contributed by atoms with Crippen LogP contribution in [0, 0.1) is 0 Å². The Kier molecular flexibility index (Phi) is 7.97. The van der Waals surface area contributed by atoms with Gasteiger partial charge in [0.2, 0.25) is 5.88 Å². The van der Waals surface area contributed by atoms with Crippen molar-refractivity contribution in [1.82, 2.24) is 19.5 Å². The molecule has 4 rings (SSSR count). The number of alkyl halides is 3. The van der Waals surface area contributed by atoms with Gasteiger partial charge in [0.25, 0.3) is 5.56 Å². The van der Waals surface area contributed by atoms with Gasteiger partial charge in [0.15, 0.2) is 0 Å². The third-order valence-electron chi connectivity index (χ3n) is 5.33. The van der Waals surface area contributed by atoms with E-state index in [-0.39, 0.29) is 17.5 Å². The number of nitrogens with zero attached hydrogens (tertiary/aromatic N) is 3. The second-order valence-electron chi connectivity index (χ2n) is 7.85. The van der Waals surface area contributed by atoms with Crippen LogP contribution in [0.15, 0.2) is 29.2 Å². The number of aryl methyl sites for hydroxylation is 1. The van der Waals surface area contributed by atoms with Gasteiger partial charge in [-0.05, 0) is 38.7 Å². The first-order valence-electron chi connectivity index (χ1n) is 10.7. The summed E-state index contributed by atoms with van der Waals surface area (Å²) >= 11 is 0. The molecule has 0 bridgehead atoms. The lowest BCUT2D eigenvalue weighted by atomic mass is 9.42. The fourth-order valence-corrected chi connectivity index (χ4v) is 3.88. The summed E-state index contributed by atoms with van der Waals surface area (Å²) in [6.45, 7) is -1.22. The molecule has 1 fully saturated rings. The van der Waals surface area contributed by atoms with E-state index in [0.29, 0.717) is 18.1 Å². The third-order valence-corrected chi connectivity index (χ3v) is 5.33. The number of fused-ring (bicyclic) bond motifs is 1. The SMILES string of the molecule is FC(F)F.[B]C([B])([B])c1nc(OC2CCCCC2)cc(-c2c[nH]c3ccc(=O)n(CC)c23)n1. The molecule has 3 heterocycles. The quantitative estimate of drug-likeness (QED) is 0.604. The Morgan fingerprint density at radius 2 is 1.85 bits per heavy atom. The summed E-state index contributed by atoms with van der Waals surface area (Å²) in [5.41, 5.74) is 2.78. The Bertz CT molecular complexity index is 1140. The molecule has 6 nitrogen and oxygen atoms in total. The Morgan fingerprint density at radius 1 is 1.18 bits per heavy atom. The van der Waals surface area contributed by atoms with Crippen molar-refractivity contribution in [2.24, 2.45) is 0 Å². The average Bonchev–Trinajstić information content (AvgIpc) is 3.17. The predicted molar refractivity (Wildman–Crippen MR) is 123 cm³/mol. The molecule has 1 aliphatic rings. The van der Waals surface area contributed by atoms with Crippen LogP contribution in [0.5, 0.6) is 5.88 Å². The Labute approximate surface area is 193 Å². The summed E-state index contributed by atoms with van der Waals surface area (Å²) in [6.07, 6.45) is 7.36. The van der Waals surface area contributed by atoms with Crippen molar-refractivity contribution < 1.29 is 17.9 Å². The van der Waals surface area contributed by atoms with Crippen LogP contribution in [0.25, 0.3) is 22.3 Å². The van der Waals surface area contributed by atoms with Crippen LogP contribution >= 0.6 is 0 Å². The Morgan fingerprint density at radius 3 is 2.45 bits per heavy atom. The van der Waals surface area contributed by atoms with E-state index < -0.39 is 11.8 Å². The molecule has 0 atom stereocenters. The Balaban J connectivity index is 0.000000709. The molecule has 0 amide bonds. The molecule has 168 valence electrons. The van der Waals surface area contributed by atoms with Crippen LogP contribution in [0.2, 0.25) is 0 Å². The minimum atomic E-state index is -3.67. The van der Waals surface area contributed by atoms with Crippen molar-refractivity contribution in [2.75, 3.05) is 0 Å². The summed E-state index contributed by atoms with van der Waals surface area (Å²) < 4.78 is 36.8. The molecule has 6 radical (unpaired) electrons. The number of aromatic amines is 1. The van der Waals surface area contributed by atoms with E-state index in [1.165, 1.54) is 6.42 Å². The molecule has 1 saturated carbocycles. The van der Waals surface area contributed by atoms with Crippen LogP contribution in [-0.4, -0.2) is 55.8 Å². The first-order chi connectivity index (χ1) is 15.6. The van der Waals surface area contributed by atoms with E-state index in [1.54, 1.807) is 29.0 Å². The van der Waals surface area contributed by atoms with Gasteiger partial charge in [-0.25, -0.2) is 9.97 Å². The van der Waals surface area contributed by atoms with Crippen molar-refractivity contribution in [3.63, 3.8) is 0 Å². The molecule has 0 spiro atoms. The highest BCUT2D eigenvalue weighted by molar-refractivity contribution is 6.58. The van der Waals surface area contributed by atoms with Crippen molar-refractivity contribution in [2.45, 2.75) is 63.5 Å². The number of rotatable bonds is 5. The zero-order chi connectivity index (χ0) is 24.2. The summed E-state index contributed by atoms with van der Waals surface area (Å²) in [5, 5.41) is -1.71. The van der Waals surface area contributed by atoms with Crippen LogP contribution in [0.4, 0.5) is 13.2 Å². The lowest BCUT2D eigenvalue weighted by molar-refractivity contribution is 0.00819. The van der Waals surface area contributed by atoms with E-state index in [0.717, 1.165) is 42.3 Å². The zero-order valence-electron chi connectivity index (χ0n) is 18.2. The van der Waals surface area contributed by atoms with Crippen LogP contribution in [0.3, 0.4) is 0 Å². The highest BCUT2D eigenvalue weighted by atomic mass is 19.4. The van der Waals surface area contributed by atoms with E-state index in [4.69, 9.17) is 28.3 Å². The molecular weight excluding hydrogens is 430 g/mol. The van der Waals surface area contributed by atoms with Crippen LogP contribution < -0.4 is 10.3 Å². The fourth-order valence-electron chi connectivity index (χ4n) is 3.88. The molecule has 0 aliphatic heterocycles. The molecule has 1 aliphatic carbocycles. The number of halogens is 3. The van der Waals surface area contributed by atoms with E-state index in [1.807, 2.05) is 6.92 Å². The molecule has 3 aromatic heterocycles. The largest absolute Gasteiger partial charge is 0.474 e. The van der Waals surface area contributed by atoms with Crippen molar-refractivity contribution in [1.29, 1.82) is 0 Å². The number of hydrogen-bond donors (Lipinski definition) is 1. The minimum absolute atomic E-state index is 0.0801. The number of H-pyrrole nitrogens is 1. The van der Waals surface area contributed by atoms with Crippen LogP contribution in [-0.2, 0) is 11.7 Å². The molecule has 0 aromatic carbocycles. The smallest absolute Gasteiger partial charge is 0.379 e. The monoisotopic (exact) mass is 452 g/mol.